The topological polar surface area (TPSA) is 120 Å². The number of fused-ring (bicyclic) bond motifs is 3. The highest BCUT2D eigenvalue weighted by Gasteiger charge is 2.27. The van der Waals surface area contributed by atoms with E-state index in [1.54, 1.807) is 30.3 Å². The van der Waals surface area contributed by atoms with Crippen LogP contribution >= 0.6 is 0 Å². The number of hydrogen-bond donors (Lipinski definition) is 3. The maximum atomic E-state index is 11.3. The van der Waals surface area contributed by atoms with Crippen molar-refractivity contribution in [2.45, 2.75) is 6.42 Å². The van der Waals surface area contributed by atoms with Crippen LogP contribution in [0.4, 0.5) is 5.82 Å². The Labute approximate surface area is 148 Å². The number of carbonyl (C=O) groups is 1. The molecule has 0 aliphatic heterocycles. The normalized spacial score (nSPS) is 11.5. The number of benzene rings is 2. The predicted molar refractivity (Wildman–Crippen MR) is 95.7 cm³/mol. The molecule has 1 aliphatic rings. The molecule has 0 unspecified atom stereocenters. The number of pyridine rings is 1. The molecule has 1 heterocycles. The van der Waals surface area contributed by atoms with Crippen molar-refractivity contribution in [1.82, 2.24) is 4.98 Å². The molecule has 0 amide bonds. The molecule has 3 aromatic rings. The third-order valence-electron chi connectivity index (χ3n) is 4.55. The van der Waals surface area contributed by atoms with E-state index in [0.29, 0.717) is 23.2 Å². The van der Waals surface area contributed by atoms with Crippen molar-refractivity contribution in [3.8, 4) is 34.2 Å². The van der Waals surface area contributed by atoms with Crippen LogP contribution in [0.2, 0.25) is 0 Å². The quantitative estimate of drug-likeness (QED) is 0.514. The zero-order valence-corrected chi connectivity index (χ0v) is 13.5. The minimum absolute atomic E-state index is 0.0999. The Balaban J connectivity index is 2.02. The highest BCUT2D eigenvalue weighted by atomic mass is 16.4. The number of nitrogens with zero attached hydrogens (tertiary/aromatic N) is 2. The summed E-state index contributed by atoms with van der Waals surface area (Å²) in [4.78, 5) is 15.7. The number of phenolic OH excluding ortho intramolecular Hbond substituents is 1. The summed E-state index contributed by atoms with van der Waals surface area (Å²) in [5.74, 6) is -0.792. The van der Waals surface area contributed by atoms with Gasteiger partial charge in [0.05, 0.1) is 11.3 Å². The molecule has 1 aliphatic carbocycles. The number of carboxylic acid groups (broad SMARTS) is 1. The maximum Gasteiger partial charge on any atom is 0.335 e. The van der Waals surface area contributed by atoms with Crippen LogP contribution in [0.1, 0.15) is 27.0 Å². The molecule has 126 valence electrons. The Bertz CT molecular complexity index is 1130. The number of aromatic carboxylic acids is 1. The molecule has 26 heavy (non-hydrogen) atoms. The first-order valence-electron chi connectivity index (χ1n) is 7.88. The smallest absolute Gasteiger partial charge is 0.335 e. The van der Waals surface area contributed by atoms with Crippen molar-refractivity contribution in [3.63, 3.8) is 0 Å². The Morgan fingerprint density at radius 1 is 1.23 bits per heavy atom. The van der Waals surface area contributed by atoms with Crippen LogP contribution in [0.3, 0.4) is 0 Å². The number of phenols is 1. The Morgan fingerprint density at radius 2 is 2.04 bits per heavy atom. The van der Waals surface area contributed by atoms with E-state index in [1.165, 1.54) is 12.1 Å². The van der Waals surface area contributed by atoms with E-state index in [2.05, 4.69) is 11.1 Å². The summed E-state index contributed by atoms with van der Waals surface area (Å²) < 4.78 is 0. The van der Waals surface area contributed by atoms with Crippen LogP contribution < -0.4 is 5.73 Å². The van der Waals surface area contributed by atoms with E-state index in [0.717, 1.165) is 16.7 Å². The number of anilines is 1. The van der Waals surface area contributed by atoms with E-state index in [1.807, 2.05) is 0 Å². The van der Waals surface area contributed by atoms with Gasteiger partial charge in [0, 0.05) is 17.5 Å². The molecule has 0 saturated heterocycles. The Hall–Kier alpha value is -3.85. The van der Waals surface area contributed by atoms with Crippen molar-refractivity contribution in [1.29, 1.82) is 5.26 Å². The fourth-order valence-electron chi connectivity index (χ4n) is 3.42. The van der Waals surface area contributed by atoms with Gasteiger partial charge in [0.2, 0.25) is 0 Å². The molecule has 4 N–H and O–H groups in total. The van der Waals surface area contributed by atoms with Gasteiger partial charge in [-0.25, -0.2) is 9.78 Å². The van der Waals surface area contributed by atoms with Crippen molar-refractivity contribution >= 4 is 11.8 Å². The predicted octanol–water partition coefficient (Wildman–Crippen LogP) is 3.18. The van der Waals surface area contributed by atoms with Gasteiger partial charge in [-0.1, -0.05) is 12.1 Å². The summed E-state index contributed by atoms with van der Waals surface area (Å²) >= 11 is 0. The lowest BCUT2D eigenvalue weighted by molar-refractivity contribution is 0.0697. The molecule has 0 spiro atoms. The van der Waals surface area contributed by atoms with Crippen molar-refractivity contribution in [2.24, 2.45) is 0 Å². The minimum atomic E-state index is -1.04. The van der Waals surface area contributed by atoms with Gasteiger partial charge in [-0.2, -0.15) is 5.26 Å². The lowest BCUT2D eigenvalue weighted by atomic mass is 9.93. The first-order valence-corrected chi connectivity index (χ1v) is 7.88. The molecule has 4 rings (SSSR count). The summed E-state index contributed by atoms with van der Waals surface area (Å²) in [6, 6.07) is 13.5. The molecule has 2 aromatic carbocycles. The first kappa shape index (κ1) is 15.7. The highest BCUT2D eigenvalue weighted by molar-refractivity contribution is 5.93. The lowest BCUT2D eigenvalue weighted by Gasteiger charge is -2.13. The van der Waals surface area contributed by atoms with Crippen LogP contribution in [-0.2, 0) is 6.42 Å². The zero-order valence-electron chi connectivity index (χ0n) is 13.5. The lowest BCUT2D eigenvalue weighted by Crippen LogP contribution is -2.03. The molecule has 0 radical (unpaired) electrons. The standard InChI is InChI=1S/C20H13N3O3/c21-9-16-17(10-2-1-3-11(6-10)20(25)26)15-8-12-7-13(24)4-5-14(12)18(15)23-19(16)22/h1-7,24H,8H2,(H2,22,23)(H,25,26). The fraction of sp³-hybridized carbons (Fsp3) is 0.0500. The van der Waals surface area contributed by atoms with Gasteiger partial charge in [-0.05, 0) is 47.0 Å². The number of nitrogen functional groups attached to an aromatic ring is 1. The van der Waals surface area contributed by atoms with Gasteiger partial charge in [0.1, 0.15) is 23.2 Å². The maximum absolute atomic E-state index is 11.3. The highest BCUT2D eigenvalue weighted by Crippen LogP contribution is 2.44. The van der Waals surface area contributed by atoms with Gasteiger partial charge in [0.25, 0.3) is 0 Å². The summed E-state index contributed by atoms with van der Waals surface area (Å²) in [7, 11) is 0. The van der Waals surface area contributed by atoms with Gasteiger partial charge in [0.15, 0.2) is 0 Å². The first-order chi connectivity index (χ1) is 12.5. The summed E-state index contributed by atoms with van der Waals surface area (Å²) in [5, 5.41) is 28.6. The minimum Gasteiger partial charge on any atom is -0.508 e. The number of nitrogens with two attached hydrogens (primary N) is 1. The van der Waals surface area contributed by atoms with Gasteiger partial charge >= 0.3 is 5.97 Å². The number of nitriles is 1. The summed E-state index contributed by atoms with van der Waals surface area (Å²) in [6.07, 6.45) is 0.480. The number of aromatic nitrogens is 1. The largest absolute Gasteiger partial charge is 0.508 e. The second-order valence-corrected chi connectivity index (χ2v) is 6.09. The SMILES string of the molecule is N#Cc1c(N)nc2c(c1-c1cccc(C(=O)O)c1)Cc1cc(O)ccc1-2. The van der Waals surface area contributed by atoms with Gasteiger partial charge < -0.3 is 15.9 Å². The van der Waals surface area contributed by atoms with E-state index in [4.69, 9.17) is 5.73 Å². The second-order valence-electron chi connectivity index (χ2n) is 6.09. The van der Waals surface area contributed by atoms with E-state index < -0.39 is 5.97 Å². The van der Waals surface area contributed by atoms with Crippen molar-refractivity contribution in [2.75, 3.05) is 5.73 Å². The second kappa shape index (κ2) is 5.60. The van der Waals surface area contributed by atoms with Crippen molar-refractivity contribution < 1.29 is 15.0 Å². The Morgan fingerprint density at radius 3 is 2.77 bits per heavy atom. The molecule has 0 atom stereocenters. The Kier molecular flexibility index (Phi) is 3.38. The third-order valence-corrected chi connectivity index (χ3v) is 4.55. The van der Waals surface area contributed by atoms with E-state index >= 15 is 0 Å². The molecule has 1 aromatic heterocycles. The molecule has 6 heteroatoms. The molecule has 0 bridgehead atoms. The number of aromatic hydroxyl groups is 1. The molecule has 0 fully saturated rings. The number of hydrogen-bond acceptors (Lipinski definition) is 5. The average Bonchev–Trinajstić information content (AvgIpc) is 2.97. The van der Waals surface area contributed by atoms with E-state index in [-0.39, 0.29) is 22.7 Å². The summed E-state index contributed by atoms with van der Waals surface area (Å²) in [6.45, 7) is 0. The van der Waals surface area contributed by atoms with Crippen LogP contribution in [0.5, 0.6) is 5.75 Å². The fourth-order valence-corrected chi connectivity index (χ4v) is 3.42. The van der Waals surface area contributed by atoms with Crippen LogP contribution in [0, 0.1) is 11.3 Å². The average molecular weight is 343 g/mol. The summed E-state index contributed by atoms with van der Waals surface area (Å²) in [5.41, 5.74) is 10.8. The monoisotopic (exact) mass is 343 g/mol. The molecular formula is C20H13N3O3. The number of carboxylic acids is 1. The molecule has 0 saturated carbocycles. The van der Waals surface area contributed by atoms with Crippen molar-refractivity contribution in [3.05, 3.63) is 64.7 Å². The molecular weight excluding hydrogens is 330 g/mol. The number of rotatable bonds is 2. The van der Waals surface area contributed by atoms with E-state index in [9.17, 15) is 20.3 Å². The van der Waals surface area contributed by atoms with Gasteiger partial charge in [-0.3, -0.25) is 0 Å². The zero-order chi connectivity index (χ0) is 18.4. The van der Waals surface area contributed by atoms with Crippen LogP contribution in [-0.4, -0.2) is 21.2 Å². The third kappa shape index (κ3) is 2.26. The van der Waals surface area contributed by atoms with Gasteiger partial charge in [-0.15, -0.1) is 0 Å². The molecule has 6 nitrogen and oxygen atoms in total. The van der Waals surface area contributed by atoms with Crippen LogP contribution in [0.25, 0.3) is 22.4 Å². The van der Waals surface area contributed by atoms with Crippen LogP contribution in [0.15, 0.2) is 42.5 Å².